The lowest BCUT2D eigenvalue weighted by Crippen LogP contribution is -2.38. The second kappa shape index (κ2) is 9.99. The highest BCUT2D eigenvalue weighted by Crippen LogP contribution is 2.31. The van der Waals surface area contributed by atoms with Crippen LogP contribution in [0.4, 0.5) is 17.6 Å². The van der Waals surface area contributed by atoms with Gasteiger partial charge in [-0.15, -0.1) is 0 Å². The van der Waals surface area contributed by atoms with E-state index in [-0.39, 0.29) is 0 Å². The van der Waals surface area contributed by atoms with Crippen molar-refractivity contribution in [3.05, 3.63) is 29.8 Å². The molecular weight excluding hydrogens is 436 g/mol. The third kappa shape index (κ3) is 5.24. The molecule has 2 N–H and O–H groups in total. The molecule has 176 valence electrons. The molecule has 0 amide bonds. The molecule has 33 heavy (non-hydrogen) atoms. The highest BCUT2D eigenvalue weighted by Gasteiger charge is 2.23. The average molecular weight is 469 g/mol. The number of thiocarbonyl (C=S) groups is 1. The topological polar surface area (TPSA) is 74.8 Å². The molecule has 0 radical (unpaired) electrons. The predicted octanol–water partition coefficient (Wildman–Crippen LogP) is 3.71. The number of hydrogen-bond acceptors (Lipinski definition) is 7. The van der Waals surface area contributed by atoms with Gasteiger partial charge in [-0.2, -0.15) is 9.97 Å². The molecular formula is C24H32N6O2S. The fourth-order valence-electron chi connectivity index (χ4n) is 4.70. The second-order valence-electron chi connectivity index (χ2n) is 8.93. The molecule has 2 fully saturated rings. The Bertz CT molecular complexity index is 997. The van der Waals surface area contributed by atoms with Crippen molar-refractivity contribution in [2.45, 2.75) is 51.6 Å². The number of hydrogen-bond donors (Lipinski definition) is 2. The molecule has 8 nitrogen and oxygen atoms in total. The van der Waals surface area contributed by atoms with Crippen molar-refractivity contribution in [2.75, 3.05) is 48.0 Å². The van der Waals surface area contributed by atoms with Crippen LogP contribution >= 0.6 is 12.2 Å². The Kier molecular flexibility index (Phi) is 6.66. The van der Waals surface area contributed by atoms with Crippen LogP contribution < -0.4 is 29.9 Å². The standard InChI is InChI=1S/C24H32N6O2S/c1-17-6-2-3-11-30(17)22-15-21(29-9-4-5-10-29)26-23(27-22)28-24(33)25-16-18-7-8-19-20(14-18)32-13-12-31-19/h7-8,14-15,17H,2-6,9-13,16H2,1H3,(H2,25,26,27,28,33). The number of nitrogens with one attached hydrogen (secondary N) is 2. The van der Waals surface area contributed by atoms with Gasteiger partial charge in [0.05, 0.1) is 0 Å². The first-order chi connectivity index (χ1) is 16.2. The molecule has 3 aliphatic heterocycles. The molecule has 0 bridgehead atoms. The summed E-state index contributed by atoms with van der Waals surface area (Å²) < 4.78 is 11.3. The Morgan fingerprint density at radius 2 is 1.76 bits per heavy atom. The van der Waals surface area contributed by atoms with Gasteiger partial charge in [0.15, 0.2) is 16.6 Å². The highest BCUT2D eigenvalue weighted by molar-refractivity contribution is 7.80. The van der Waals surface area contributed by atoms with Crippen LogP contribution in [0.15, 0.2) is 24.3 Å². The number of nitrogens with zero attached hydrogens (tertiary/aromatic N) is 4. The van der Waals surface area contributed by atoms with E-state index in [1.807, 2.05) is 18.2 Å². The Hall–Kier alpha value is -2.81. The third-order valence-electron chi connectivity index (χ3n) is 6.51. The number of benzene rings is 1. The number of aromatic nitrogens is 2. The summed E-state index contributed by atoms with van der Waals surface area (Å²) in [6.07, 6.45) is 6.09. The van der Waals surface area contributed by atoms with E-state index in [0.29, 0.717) is 36.9 Å². The minimum atomic E-state index is 0.480. The summed E-state index contributed by atoms with van der Waals surface area (Å²) in [5.41, 5.74) is 1.07. The van der Waals surface area contributed by atoms with Crippen LogP contribution in [0.3, 0.4) is 0 Å². The van der Waals surface area contributed by atoms with Crippen LogP contribution in [0.5, 0.6) is 11.5 Å². The van der Waals surface area contributed by atoms with Gasteiger partial charge < -0.3 is 29.9 Å². The predicted molar refractivity (Wildman–Crippen MR) is 135 cm³/mol. The Labute approximate surface area is 200 Å². The monoisotopic (exact) mass is 468 g/mol. The maximum absolute atomic E-state index is 5.68. The van der Waals surface area contributed by atoms with E-state index in [1.165, 1.54) is 32.1 Å². The summed E-state index contributed by atoms with van der Waals surface area (Å²) in [4.78, 5) is 14.4. The molecule has 1 aromatic heterocycles. The first kappa shape index (κ1) is 22.0. The van der Waals surface area contributed by atoms with Crippen LogP contribution in [-0.2, 0) is 6.54 Å². The summed E-state index contributed by atoms with van der Waals surface area (Å²) in [6.45, 7) is 7.13. The van der Waals surface area contributed by atoms with Crippen molar-refractivity contribution >= 4 is 34.9 Å². The van der Waals surface area contributed by atoms with Crippen LogP contribution in [0.2, 0.25) is 0 Å². The number of anilines is 3. The number of fused-ring (bicyclic) bond motifs is 1. The van der Waals surface area contributed by atoms with Crippen LogP contribution in [-0.4, -0.2) is 54.0 Å². The molecule has 1 unspecified atom stereocenters. The van der Waals surface area contributed by atoms with Crippen molar-refractivity contribution in [1.29, 1.82) is 0 Å². The van der Waals surface area contributed by atoms with Gasteiger partial charge in [-0.25, -0.2) is 0 Å². The number of piperidine rings is 1. The van der Waals surface area contributed by atoms with Crippen LogP contribution in [0.25, 0.3) is 0 Å². The van der Waals surface area contributed by atoms with Crippen LogP contribution in [0.1, 0.15) is 44.6 Å². The molecule has 2 aromatic rings. The molecule has 1 atom stereocenters. The maximum atomic E-state index is 5.68. The zero-order valence-corrected chi connectivity index (χ0v) is 20.0. The molecule has 2 saturated heterocycles. The molecule has 4 heterocycles. The molecule has 5 rings (SSSR count). The minimum absolute atomic E-state index is 0.480. The van der Waals surface area contributed by atoms with E-state index < -0.39 is 0 Å². The smallest absolute Gasteiger partial charge is 0.232 e. The van der Waals surface area contributed by atoms with E-state index in [1.54, 1.807) is 0 Å². The fourth-order valence-corrected chi connectivity index (χ4v) is 4.86. The van der Waals surface area contributed by atoms with E-state index in [2.05, 4.69) is 33.4 Å². The summed E-state index contributed by atoms with van der Waals surface area (Å²) in [6, 6.07) is 8.57. The summed E-state index contributed by atoms with van der Waals surface area (Å²) in [5, 5.41) is 6.99. The summed E-state index contributed by atoms with van der Waals surface area (Å²) in [7, 11) is 0. The highest BCUT2D eigenvalue weighted by atomic mass is 32.1. The Morgan fingerprint density at radius 3 is 2.58 bits per heavy atom. The molecule has 1 aromatic carbocycles. The summed E-state index contributed by atoms with van der Waals surface area (Å²) >= 11 is 5.57. The number of rotatable bonds is 5. The minimum Gasteiger partial charge on any atom is -0.486 e. The van der Waals surface area contributed by atoms with E-state index in [9.17, 15) is 0 Å². The van der Waals surface area contributed by atoms with Gasteiger partial charge in [0, 0.05) is 38.3 Å². The quantitative estimate of drug-likeness (QED) is 0.639. The van der Waals surface area contributed by atoms with Crippen molar-refractivity contribution in [2.24, 2.45) is 0 Å². The zero-order chi connectivity index (χ0) is 22.6. The van der Waals surface area contributed by atoms with Crippen molar-refractivity contribution in [1.82, 2.24) is 15.3 Å². The molecule has 0 spiro atoms. The second-order valence-corrected chi connectivity index (χ2v) is 9.33. The van der Waals surface area contributed by atoms with Gasteiger partial charge in [-0.05, 0) is 68.9 Å². The van der Waals surface area contributed by atoms with Crippen molar-refractivity contribution in [3.63, 3.8) is 0 Å². The largest absolute Gasteiger partial charge is 0.486 e. The Balaban J connectivity index is 1.28. The third-order valence-corrected chi connectivity index (χ3v) is 6.76. The normalized spacial score (nSPS) is 20.0. The Morgan fingerprint density at radius 1 is 1.00 bits per heavy atom. The van der Waals surface area contributed by atoms with Gasteiger partial charge in [0.1, 0.15) is 24.8 Å². The van der Waals surface area contributed by atoms with Crippen LogP contribution in [0, 0.1) is 0 Å². The van der Waals surface area contributed by atoms with Gasteiger partial charge in [0.25, 0.3) is 0 Å². The average Bonchev–Trinajstić information content (AvgIpc) is 3.38. The fraction of sp³-hybridized carbons (Fsp3) is 0.542. The van der Waals surface area contributed by atoms with Gasteiger partial charge >= 0.3 is 0 Å². The van der Waals surface area contributed by atoms with E-state index in [4.69, 9.17) is 31.7 Å². The van der Waals surface area contributed by atoms with Crippen molar-refractivity contribution < 1.29 is 9.47 Å². The lowest BCUT2D eigenvalue weighted by Gasteiger charge is -2.35. The van der Waals surface area contributed by atoms with Crippen molar-refractivity contribution in [3.8, 4) is 11.5 Å². The molecule has 0 aliphatic carbocycles. The molecule has 0 saturated carbocycles. The zero-order valence-electron chi connectivity index (χ0n) is 19.2. The van der Waals surface area contributed by atoms with E-state index in [0.717, 1.165) is 48.3 Å². The van der Waals surface area contributed by atoms with Gasteiger partial charge in [-0.1, -0.05) is 6.07 Å². The van der Waals surface area contributed by atoms with Gasteiger partial charge in [-0.3, -0.25) is 0 Å². The summed E-state index contributed by atoms with van der Waals surface area (Å²) in [5.74, 6) is 4.08. The number of ether oxygens (including phenoxy) is 2. The first-order valence-electron chi connectivity index (χ1n) is 12.0. The lowest BCUT2D eigenvalue weighted by molar-refractivity contribution is 0.171. The first-order valence-corrected chi connectivity index (χ1v) is 12.4. The lowest BCUT2D eigenvalue weighted by atomic mass is 10.0. The maximum Gasteiger partial charge on any atom is 0.232 e. The van der Waals surface area contributed by atoms with Gasteiger partial charge in [0.2, 0.25) is 5.95 Å². The van der Waals surface area contributed by atoms with E-state index >= 15 is 0 Å². The SMILES string of the molecule is CC1CCCCN1c1cc(N2CCCC2)nc(NC(=S)NCc2ccc3c(c2)OCCO3)n1. The molecule has 9 heteroatoms. The molecule has 3 aliphatic rings.